The number of hydrogen-bond donors (Lipinski definition) is 0. The van der Waals surface area contributed by atoms with Crippen molar-refractivity contribution in [3.8, 4) is 16.9 Å². The molecule has 0 spiro atoms. The molecule has 1 aromatic heterocycles. The van der Waals surface area contributed by atoms with Crippen LogP contribution in [0.1, 0.15) is 57.4 Å². The quantitative estimate of drug-likeness (QED) is 0.0790. The average Bonchev–Trinajstić information content (AvgIpc) is 3.28. The minimum absolute atomic E-state index is 0.0348. The van der Waals surface area contributed by atoms with Crippen LogP contribution in [-0.2, 0) is 16.1 Å². The number of hydrogen-bond acceptors (Lipinski definition) is 5. The highest BCUT2D eigenvalue weighted by Crippen LogP contribution is 2.27. The van der Waals surface area contributed by atoms with Crippen LogP contribution in [0.2, 0.25) is 0 Å². The number of rotatable bonds is 15. The average molecular weight is 508 g/mol. The lowest BCUT2D eigenvalue weighted by Crippen LogP contribution is -2.43. The molecule has 2 aromatic carbocycles. The smallest absolute Gasteiger partial charge is 0.361 e. The second-order valence-corrected chi connectivity index (χ2v) is 10.2. The first-order valence-electron chi connectivity index (χ1n) is 13.2. The van der Waals surface area contributed by atoms with Gasteiger partial charge in [0, 0.05) is 23.9 Å². The van der Waals surface area contributed by atoms with Gasteiger partial charge in [0.1, 0.15) is 12.2 Å². The van der Waals surface area contributed by atoms with Crippen molar-refractivity contribution in [2.24, 2.45) is 0 Å². The van der Waals surface area contributed by atoms with Crippen LogP contribution in [0.25, 0.3) is 16.9 Å². The van der Waals surface area contributed by atoms with Crippen molar-refractivity contribution in [1.29, 1.82) is 0 Å². The summed E-state index contributed by atoms with van der Waals surface area (Å²) >= 11 is 0. The standard InChI is InChI=1S/C29H39N4O4/c1-4-5-6-7-8-9-13-20-37-28(34)23-33(2,3)22-25-21-31(26-14-11-10-12-15-26)30-29(25)24-16-18-27(19-17-24)32(35)36/h10-12,14-19,21H,4-9,13,20,22-23H2,1-3H3/q+1. The zero-order valence-electron chi connectivity index (χ0n) is 22.3. The van der Waals surface area contributed by atoms with E-state index in [1.165, 1.54) is 44.2 Å². The third-order valence-corrected chi connectivity index (χ3v) is 6.33. The van der Waals surface area contributed by atoms with E-state index in [1.54, 1.807) is 12.1 Å². The SMILES string of the molecule is CCCCCCCCCOC(=O)C[N+](C)(C)Cc1cn(-c2ccccc2)nc1-c1ccc([N+](=O)[O-])cc1. The van der Waals surface area contributed by atoms with E-state index in [9.17, 15) is 14.9 Å². The number of unbranched alkanes of at least 4 members (excludes halogenated alkanes) is 6. The van der Waals surface area contributed by atoms with Gasteiger partial charge in [-0.25, -0.2) is 9.48 Å². The second-order valence-electron chi connectivity index (χ2n) is 10.2. The summed E-state index contributed by atoms with van der Waals surface area (Å²) in [5.41, 5.74) is 3.42. The molecule has 1 heterocycles. The Kier molecular flexibility index (Phi) is 10.4. The van der Waals surface area contributed by atoms with Gasteiger partial charge in [-0.15, -0.1) is 0 Å². The molecule has 0 aliphatic rings. The fraction of sp³-hybridized carbons (Fsp3) is 0.448. The summed E-state index contributed by atoms with van der Waals surface area (Å²) in [5, 5.41) is 15.9. The van der Waals surface area contributed by atoms with E-state index >= 15 is 0 Å². The lowest BCUT2D eigenvalue weighted by atomic mass is 10.1. The van der Waals surface area contributed by atoms with Gasteiger partial charge < -0.3 is 9.22 Å². The Morgan fingerprint density at radius 3 is 2.27 bits per heavy atom. The molecule has 37 heavy (non-hydrogen) atoms. The number of nitro groups is 1. The van der Waals surface area contributed by atoms with Crippen LogP contribution >= 0.6 is 0 Å². The summed E-state index contributed by atoms with van der Waals surface area (Å²) in [4.78, 5) is 23.3. The van der Waals surface area contributed by atoms with Crippen molar-refractivity contribution in [3.05, 3.63) is 76.5 Å². The van der Waals surface area contributed by atoms with Gasteiger partial charge in [-0.05, 0) is 30.7 Å². The van der Waals surface area contributed by atoms with Gasteiger partial charge in [-0.2, -0.15) is 5.10 Å². The second kappa shape index (κ2) is 13.7. The number of para-hydroxylation sites is 1. The van der Waals surface area contributed by atoms with Crippen LogP contribution in [0.4, 0.5) is 5.69 Å². The van der Waals surface area contributed by atoms with Gasteiger partial charge in [0.05, 0.1) is 36.9 Å². The lowest BCUT2D eigenvalue weighted by Gasteiger charge is -2.28. The number of quaternary nitrogens is 1. The van der Waals surface area contributed by atoms with Gasteiger partial charge >= 0.3 is 5.97 Å². The van der Waals surface area contributed by atoms with Crippen molar-refractivity contribution in [2.45, 2.75) is 58.4 Å². The Hall–Kier alpha value is -3.52. The van der Waals surface area contributed by atoms with Crippen LogP contribution < -0.4 is 0 Å². The number of carbonyl (C=O) groups is 1. The molecule has 0 aliphatic carbocycles. The first-order chi connectivity index (χ1) is 17.8. The topological polar surface area (TPSA) is 87.3 Å². The lowest BCUT2D eigenvalue weighted by molar-refractivity contribution is -0.896. The first-order valence-corrected chi connectivity index (χ1v) is 13.2. The molecule has 0 fully saturated rings. The van der Waals surface area contributed by atoms with Gasteiger partial charge in [0.15, 0.2) is 6.54 Å². The largest absolute Gasteiger partial charge is 0.462 e. The molecular weight excluding hydrogens is 468 g/mol. The summed E-state index contributed by atoms with van der Waals surface area (Å²) in [6, 6.07) is 16.2. The molecule has 3 rings (SSSR count). The zero-order valence-corrected chi connectivity index (χ0v) is 22.3. The molecule has 0 saturated carbocycles. The Balaban J connectivity index is 1.66. The molecule has 0 radical (unpaired) electrons. The fourth-order valence-corrected chi connectivity index (χ4v) is 4.38. The number of aromatic nitrogens is 2. The molecule has 0 N–H and O–H groups in total. The molecule has 0 amide bonds. The van der Waals surface area contributed by atoms with Crippen molar-refractivity contribution in [1.82, 2.24) is 9.78 Å². The van der Waals surface area contributed by atoms with E-state index in [2.05, 4.69) is 6.92 Å². The maximum absolute atomic E-state index is 12.6. The molecule has 8 heteroatoms. The Labute approximate surface area is 219 Å². The number of benzene rings is 2. The van der Waals surface area contributed by atoms with Crippen LogP contribution in [-0.4, -0.2) is 52.4 Å². The van der Waals surface area contributed by atoms with Crippen LogP contribution in [0, 0.1) is 10.1 Å². The number of non-ortho nitro benzene ring substituents is 1. The van der Waals surface area contributed by atoms with E-state index in [4.69, 9.17) is 9.84 Å². The molecule has 0 saturated heterocycles. The Morgan fingerprint density at radius 2 is 1.62 bits per heavy atom. The minimum Gasteiger partial charge on any atom is -0.462 e. The van der Waals surface area contributed by atoms with Gasteiger partial charge in [-0.1, -0.05) is 63.6 Å². The predicted octanol–water partition coefficient (Wildman–Crippen LogP) is 6.32. The van der Waals surface area contributed by atoms with Crippen molar-refractivity contribution >= 4 is 11.7 Å². The van der Waals surface area contributed by atoms with E-state index in [0.717, 1.165) is 35.3 Å². The number of nitro benzene ring substituents is 1. The molecule has 0 bridgehead atoms. The third kappa shape index (κ3) is 8.82. The van der Waals surface area contributed by atoms with Crippen LogP contribution in [0.3, 0.4) is 0 Å². The highest BCUT2D eigenvalue weighted by Gasteiger charge is 2.25. The monoisotopic (exact) mass is 507 g/mol. The fourth-order valence-electron chi connectivity index (χ4n) is 4.38. The summed E-state index contributed by atoms with van der Waals surface area (Å²) < 4.78 is 7.74. The van der Waals surface area contributed by atoms with E-state index < -0.39 is 4.92 Å². The number of likely N-dealkylation sites (N-methyl/N-ethyl adjacent to an activating group) is 1. The van der Waals surface area contributed by atoms with Gasteiger partial charge in [0.2, 0.25) is 0 Å². The molecule has 0 atom stereocenters. The van der Waals surface area contributed by atoms with E-state index in [0.29, 0.717) is 17.6 Å². The molecule has 3 aromatic rings. The molecule has 0 unspecified atom stereocenters. The summed E-state index contributed by atoms with van der Waals surface area (Å²) in [6.07, 6.45) is 10.2. The zero-order chi connectivity index (χ0) is 26.7. The highest BCUT2D eigenvalue weighted by molar-refractivity contribution is 5.70. The number of nitrogens with zero attached hydrogens (tertiary/aromatic N) is 4. The van der Waals surface area contributed by atoms with Gasteiger partial charge in [-0.3, -0.25) is 10.1 Å². The van der Waals surface area contributed by atoms with Crippen LogP contribution in [0.5, 0.6) is 0 Å². The predicted molar refractivity (Wildman–Crippen MR) is 145 cm³/mol. The normalized spacial score (nSPS) is 11.4. The summed E-state index contributed by atoms with van der Waals surface area (Å²) in [6.45, 7) is 3.47. The van der Waals surface area contributed by atoms with Crippen LogP contribution in [0.15, 0.2) is 60.8 Å². The highest BCUT2D eigenvalue weighted by atomic mass is 16.6. The van der Waals surface area contributed by atoms with Crippen molar-refractivity contribution in [3.63, 3.8) is 0 Å². The van der Waals surface area contributed by atoms with E-state index in [-0.39, 0.29) is 18.2 Å². The molecule has 8 nitrogen and oxygen atoms in total. The van der Waals surface area contributed by atoms with E-state index in [1.807, 2.05) is 55.3 Å². The summed E-state index contributed by atoms with van der Waals surface area (Å²) in [7, 11) is 3.99. The van der Waals surface area contributed by atoms with Crippen molar-refractivity contribution in [2.75, 3.05) is 27.2 Å². The molecule has 0 aliphatic heterocycles. The Bertz CT molecular complexity index is 1140. The minimum atomic E-state index is -0.411. The van der Waals surface area contributed by atoms with Gasteiger partial charge in [0.25, 0.3) is 5.69 Å². The summed E-state index contributed by atoms with van der Waals surface area (Å²) in [5.74, 6) is -0.205. The van der Waals surface area contributed by atoms with Crippen molar-refractivity contribution < 1.29 is 18.9 Å². The number of ether oxygens (including phenoxy) is 1. The third-order valence-electron chi connectivity index (χ3n) is 6.33. The molecule has 198 valence electrons. The number of carbonyl (C=O) groups excluding carboxylic acids is 1. The molecular formula is C29H39N4O4+. The Morgan fingerprint density at radius 1 is 0.973 bits per heavy atom. The maximum Gasteiger partial charge on any atom is 0.361 e. The maximum atomic E-state index is 12.6. The first kappa shape index (κ1) is 28.1. The number of esters is 1.